The van der Waals surface area contributed by atoms with Gasteiger partial charge in [-0.05, 0) is 6.42 Å². The van der Waals surface area contributed by atoms with Crippen molar-refractivity contribution in [2.75, 3.05) is 5.88 Å². The number of hydrogen-bond acceptors (Lipinski definition) is 0. The van der Waals surface area contributed by atoms with Crippen LogP contribution in [0.25, 0.3) is 0 Å². The van der Waals surface area contributed by atoms with Crippen molar-refractivity contribution in [3.63, 3.8) is 0 Å². The Kier molecular flexibility index (Phi) is 4.61. The first-order valence-electron chi connectivity index (χ1n) is 1.69. The third-order valence-corrected chi connectivity index (χ3v) is 1.76. The molecular weight excluding hydrogens is 311 g/mol. The van der Waals surface area contributed by atoms with E-state index in [4.69, 9.17) is 11.6 Å². The highest BCUT2D eigenvalue weighted by atomic mass is 80.0. The SMILES string of the molecule is ClCCC(Br)(Br)Br. The fourth-order valence-electron chi connectivity index (χ4n) is 0.107. The molecule has 0 saturated heterocycles. The highest BCUT2D eigenvalue weighted by molar-refractivity contribution is 9.39. The molecule has 0 fully saturated rings. The predicted molar refractivity (Wildman–Crippen MR) is 44.8 cm³/mol. The Bertz CT molecular complexity index is 48.6. The van der Waals surface area contributed by atoms with Gasteiger partial charge in [0.1, 0.15) is 2.14 Å². The Morgan fingerprint density at radius 1 is 1.29 bits per heavy atom. The van der Waals surface area contributed by atoms with Gasteiger partial charge in [-0.15, -0.1) is 11.6 Å². The summed E-state index contributed by atoms with van der Waals surface area (Å²) >= 11 is 15.3. The molecule has 0 spiro atoms. The monoisotopic (exact) mass is 312 g/mol. The van der Waals surface area contributed by atoms with Crippen LogP contribution in [-0.2, 0) is 0 Å². The van der Waals surface area contributed by atoms with E-state index in [2.05, 4.69) is 47.8 Å². The van der Waals surface area contributed by atoms with Crippen molar-refractivity contribution in [1.82, 2.24) is 0 Å². The average Bonchev–Trinajstić information content (AvgIpc) is 1.30. The van der Waals surface area contributed by atoms with Gasteiger partial charge >= 0.3 is 0 Å². The van der Waals surface area contributed by atoms with Crippen LogP contribution in [0.2, 0.25) is 0 Å². The average molecular weight is 315 g/mol. The lowest BCUT2D eigenvalue weighted by Crippen LogP contribution is -1.98. The van der Waals surface area contributed by atoms with Crippen molar-refractivity contribution < 1.29 is 0 Å². The lowest BCUT2D eigenvalue weighted by atomic mass is 10.6. The largest absolute Gasteiger partial charge is 0.136 e. The summed E-state index contributed by atoms with van der Waals surface area (Å²) in [5, 5.41) is 0. The van der Waals surface area contributed by atoms with E-state index in [0.29, 0.717) is 5.88 Å². The van der Waals surface area contributed by atoms with E-state index in [0.717, 1.165) is 6.42 Å². The lowest BCUT2D eigenvalue weighted by molar-refractivity contribution is 1.06. The van der Waals surface area contributed by atoms with Crippen molar-refractivity contribution in [1.29, 1.82) is 0 Å². The molecule has 0 rings (SSSR count). The second-order valence-corrected chi connectivity index (χ2v) is 8.69. The zero-order valence-corrected chi connectivity index (χ0v) is 8.94. The third-order valence-electron chi connectivity index (χ3n) is 0.378. The van der Waals surface area contributed by atoms with Crippen LogP contribution in [-0.4, -0.2) is 8.02 Å². The molecule has 0 unspecified atom stereocenters. The summed E-state index contributed by atoms with van der Waals surface area (Å²) in [6.45, 7) is 0. The van der Waals surface area contributed by atoms with Crippen LogP contribution in [0, 0.1) is 0 Å². The van der Waals surface area contributed by atoms with Crippen LogP contribution in [0.1, 0.15) is 6.42 Å². The Morgan fingerprint density at radius 3 is 1.71 bits per heavy atom. The number of hydrogen-bond donors (Lipinski definition) is 0. The highest BCUT2D eigenvalue weighted by Crippen LogP contribution is 2.36. The zero-order chi connectivity index (χ0) is 5.91. The van der Waals surface area contributed by atoms with Crippen molar-refractivity contribution in [2.24, 2.45) is 0 Å². The van der Waals surface area contributed by atoms with Crippen LogP contribution in [0.3, 0.4) is 0 Å². The molecule has 0 radical (unpaired) electrons. The summed E-state index contributed by atoms with van der Waals surface area (Å²) in [5.41, 5.74) is 0. The topological polar surface area (TPSA) is 0 Å². The van der Waals surface area contributed by atoms with Crippen molar-refractivity contribution >= 4 is 59.4 Å². The minimum absolute atomic E-state index is 0.144. The molecule has 0 nitrogen and oxygen atoms in total. The van der Waals surface area contributed by atoms with Gasteiger partial charge < -0.3 is 0 Å². The summed E-state index contributed by atoms with van der Waals surface area (Å²) in [6.07, 6.45) is 0.856. The summed E-state index contributed by atoms with van der Waals surface area (Å²) in [5.74, 6) is 0.641. The Morgan fingerprint density at radius 2 is 1.71 bits per heavy atom. The van der Waals surface area contributed by atoms with Crippen LogP contribution in [0.15, 0.2) is 0 Å². The van der Waals surface area contributed by atoms with Gasteiger partial charge in [-0.2, -0.15) is 0 Å². The summed E-state index contributed by atoms with van der Waals surface area (Å²) in [4.78, 5) is 0. The van der Waals surface area contributed by atoms with Crippen LogP contribution < -0.4 is 0 Å². The Hall–Kier alpha value is 1.73. The first-order valence-corrected chi connectivity index (χ1v) is 4.60. The van der Waals surface area contributed by atoms with E-state index >= 15 is 0 Å². The van der Waals surface area contributed by atoms with Gasteiger partial charge in [-0.25, -0.2) is 0 Å². The molecule has 0 saturated carbocycles. The minimum atomic E-state index is -0.144. The summed E-state index contributed by atoms with van der Waals surface area (Å²) < 4.78 is -0.144. The molecular formula is C3H4Br3Cl. The zero-order valence-electron chi connectivity index (χ0n) is 3.43. The van der Waals surface area contributed by atoms with Gasteiger partial charge in [0.15, 0.2) is 0 Å². The molecule has 0 aliphatic heterocycles. The molecule has 0 aromatic heterocycles. The van der Waals surface area contributed by atoms with Gasteiger partial charge in [0.05, 0.1) is 0 Å². The molecule has 0 aromatic carbocycles. The fourth-order valence-corrected chi connectivity index (χ4v) is 1.67. The maximum absolute atomic E-state index is 5.40. The summed E-state index contributed by atoms with van der Waals surface area (Å²) in [6, 6.07) is 0. The van der Waals surface area contributed by atoms with E-state index in [1.54, 1.807) is 0 Å². The molecule has 0 aromatic rings. The summed E-state index contributed by atoms with van der Waals surface area (Å²) in [7, 11) is 0. The Labute approximate surface area is 73.4 Å². The van der Waals surface area contributed by atoms with Crippen LogP contribution in [0.4, 0.5) is 0 Å². The lowest BCUT2D eigenvalue weighted by Gasteiger charge is -2.06. The first-order chi connectivity index (χ1) is 3.06. The van der Waals surface area contributed by atoms with E-state index in [1.165, 1.54) is 0 Å². The molecule has 0 bridgehead atoms. The molecule has 0 amide bonds. The standard InChI is InChI=1S/C3H4Br3Cl/c4-3(5,6)1-2-7/h1-2H2. The van der Waals surface area contributed by atoms with E-state index < -0.39 is 0 Å². The second-order valence-electron chi connectivity index (χ2n) is 1.05. The number of rotatable bonds is 1. The molecule has 4 heteroatoms. The van der Waals surface area contributed by atoms with Crippen molar-refractivity contribution in [2.45, 2.75) is 8.56 Å². The van der Waals surface area contributed by atoms with Crippen LogP contribution in [0.5, 0.6) is 0 Å². The second kappa shape index (κ2) is 3.70. The van der Waals surface area contributed by atoms with Gasteiger partial charge in [0.25, 0.3) is 0 Å². The maximum atomic E-state index is 5.40. The van der Waals surface area contributed by atoms with E-state index in [-0.39, 0.29) is 2.14 Å². The molecule has 44 valence electrons. The number of alkyl halides is 4. The third kappa shape index (κ3) is 7.73. The fraction of sp³-hybridized carbons (Fsp3) is 1.00. The molecule has 0 atom stereocenters. The molecule has 0 N–H and O–H groups in total. The highest BCUT2D eigenvalue weighted by Gasteiger charge is 2.15. The van der Waals surface area contributed by atoms with E-state index in [9.17, 15) is 0 Å². The smallest absolute Gasteiger partial charge is 0.127 e. The van der Waals surface area contributed by atoms with Gasteiger partial charge in [0, 0.05) is 5.88 Å². The quantitative estimate of drug-likeness (QED) is 0.650. The first kappa shape index (κ1) is 8.73. The molecule has 0 aliphatic rings. The van der Waals surface area contributed by atoms with Gasteiger partial charge in [0.2, 0.25) is 0 Å². The normalized spacial score (nSPS) is 12.0. The minimum Gasteiger partial charge on any atom is -0.127 e. The van der Waals surface area contributed by atoms with Gasteiger partial charge in [-0.1, -0.05) is 47.8 Å². The van der Waals surface area contributed by atoms with Crippen LogP contribution >= 0.6 is 59.4 Å². The maximum Gasteiger partial charge on any atom is 0.136 e. The van der Waals surface area contributed by atoms with Gasteiger partial charge in [-0.3, -0.25) is 0 Å². The van der Waals surface area contributed by atoms with Crippen molar-refractivity contribution in [3.05, 3.63) is 0 Å². The molecule has 0 heterocycles. The van der Waals surface area contributed by atoms with Crippen molar-refractivity contribution in [3.8, 4) is 0 Å². The predicted octanol–water partition coefficient (Wildman–Crippen LogP) is 3.45. The molecule has 0 aliphatic carbocycles. The molecule has 7 heavy (non-hydrogen) atoms. The van der Waals surface area contributed by atoms with E-state index in [1.807, 2.05) is 0 Å². The Balaban J connectivity index is 3.15. The number of halogens is 4.